The Morgan fingerprint density at radius 1 is 1.33 bits per heavy atom. The number of methoxy groups -OCH3 is 1. The maximum Gasteiger partial charge on any atom is 0.226 e. The van der Waals surface area contributed by atoms with Crippen LogP contribution in [0.25, 0.3) is 0 Å². The van der Waals surface area contributed by atoms with E-state index in [2.05, 4.69) is 0 Å². The predicted octanol–water partition coefficient (Wildman–Crippen LogP) is 2.25. The first-order valence-corrected chi connectivity index (χ1v) is 7.72. The van der Waals surface area contributed by atoms with Gasteiger partial charge in [-0.3, -0.25) is 4.79 Å². The van der Waals surface area contributed by atoms with Crippen LogP contribution < -0.4 is 4.74 Å². The molecule has 1 unspecified atom stereocenters. The van der Waals surface area contributed by atoms with Gasteiger partial charge in [-0.25, -0.2) is 0 Å². The largest absolute Gasteiger partial charge is 0.497 e. The first-order valence-electron chi connectivity index (χ1n) is 7.72. The average molecular weight is 291 g/mol. The van der Waals surface area contributed by atoms with Gasteiger partial charge in [0, 0.05) is 13.1 Å². The summed E-state index contributed by atoms with van der Waals surface area (Å²) < 4.78 is 5.12. The lowest BCUT2D eigenvalue weighted by Crippen LogP contribution is -2.41. The molecule has 1 N–H and O–H groups in total. The predicted molar refractivity (Wildman–Crippen MR) is 82.3 cm³/mol. The van der Waals surface area contributed by atoms with Crippen molar-refractivity contribution in [1.82, 2.24) is 4.90 Å². The summed E-state index contributed by atoms with van der Waals surface area (Å²) in [6.45, 7) is 3.53. The molecule has 1 aliphatic heterocycles. The standard InChI is InChI=1S/C17H25NO3/c1-3-16(19)14-8-10-18(11-9-14)17(20)12-13-4-6-15(21-2)7-5-13/h4-7,14,16,19H,3,8-12H2,1-2H3. The van der Waals surface area contributed by atoms with Gasteiger partial charge < -0.3 is 14.7 Å². The van der Waals surface area contributed by atoms with Crippen LogP contribution in [0.1, 0.15) is 31.7 Å². The summed E-state index contributed by atoms with van der Waals surface area (Å²) in [5.74, 6) is 1.32. The fourth-order valence-electron chi connectivity index (χ4n) is 2.90. The lowest BCUT2D eigenvalue weighted by molar-refractivity contribution is -0.132. The van der Waals surface area contributed by atoms with Crippen molar-refractivity contribution >= 4 is 5.91 Å². The number of piperidine rings is 1. The second-order valence-corrected chi connectivity index (χ2v) is 5.72. The number of carbonyl (C=O) groups is 1. The van der Waals surface area contributed by atoms with Gasteiger partial charge >= 0.3 is 0 Å². The molecule has 1 heterocycles. The second-order valence-electron chi connectivity index (χ2n) is 5.72. The summed E-state index contributed by atoms with van der Waals surface area (Å²) in [7, 11) is 1.63. The Labute approximate surface area is 126 Å². The van der Waals surface area contributed by atoms with Crippen LogP contribution in [-0.2, 0) is 11.2 Å². The van der Waals surface area contributed by atoms with E-state index in [-0.39, 0.29) is 12.0 Å². The van der Waals surface area contributed by atoms with E-state index in [1.54, 1.807) is 7.11 Å². The normalized spacial score (nSPS) is 17.6. The van der Waals surface area contributed by atoms with Crippen molar-refractivity contribution in [1.29, 1.82) is 0 Å². The highest BCUT2D eigenvalue weighted by atomic mass is 16.5. The molecule has 1 aromatic carbocycles. The maximum absolute atomic E-state index is 12.3. The third kappa shape index (κ3) is 4.21. The Balaban J connectivity index is 1.84. The van der Waals surface area contributed by atoms with Crippen LogP contribution in [0, 0.1) is 5.92 Å². The molecule has 0 aliphatic carbocycles. The lowest BCUT2D eigenvalue weighted by atomic mass is 9.90. The number of ether oxygens (including phenoxy) is 1. The van der Waals surface area contributed by atoms with Crippen LogP contribution in [-0.4, -0.2) is 42.2 Å². The van der Waals surface area contributed by atoms with Crippen LogP contribution in [0.5, 0.6) is 5.75 Å². The first kappa shape index (κ1) is 15.8. The van der Waals surface area contributed by atoms with E-state index in [0.29, 0.717) is 12.3 Å². The van der Waals surface area contributed by atoms with E-state index in [9.17, 15) is 9.90 Å². The third-order valence-electron chi connectivity index (χ3n) is 4.37. The Morgan fingerprint density at radius 3 is 2.48 bits per heavy atom. The lowest BCUT2D eigenvalue weighted by Gasteiger charge is -2.34. The molecule has 2 rings (SSSR count). The molecule has 0 bridgehead atoms. The van der Waals surface area contributed by atoms with Crippen molar-refractivity contribution in [3.8, 4) is 5.75 Å². The van der Waals surface area contributed by atoms with Crippen LogP contribution in [0.4, 0.5) is 0 Å². The number of aliphatic hydroxyl groups excluding tert-OH is 1. The minimum atomic E-state index is -0.219. The van der Waals surface area contributed by atoms with Crippen molar-refractivity contribution in [2.75, 3.05) is 20.2 Å². The Kier molecular flexibility index (Phi) is 5.62. The van der Waals surface area contributed by atoms with Gasteiger partial charge in [-0.05, 0) is 42.9 Å². The Hall–Kier alpha value is -1.55. The number of likely N-dealkylation sites (tertiary alicyclic amines) is 1. The van der Waals surface area contributed by atoms with Gasteiger partial charge in [-0.2, -0.15) is 0 Å². The highest BCUT2D eigenvalue weighted by Gasteiger charge is 2.26. The fraction of sp³-hybridized carbons (Fsp3) is 0.588. The van der Waals surface area contributed by atoms with E-state index >= 15 is 0 Å². The Morgan fingerprint density at radius 2 is 1.95 bits per heavy atom. The molecule has 1 atom stereocenters. The third-order valence-corrected chi connectivity index (χ3v) is 4.37. The molecule has 1 saturated heterocycles. The zero-order valence-electron chi connectivity index (χ0n) is 12.9. The van der Waals surface area contributed by atoms with Gasteiger partial charge in [0.2, 0.25) is 5.91 Å². The van der Waals surface area contributed by atoms with E-state index in [1.165, 1.54) is 0 Å². The Bertz CT molecular complexity index is 450. The zero-order valence-corrected chi connectivity index (χ0v) is 12.9. The molecule has 1 fully saturated rings. The summed E-state index contributed by atoms with van der Waals surface area (Å²) in [5, 5.41) is 9.88. The number of rotatable bonds is 5. The van der Waals surface area contributed by atoms with Gasteiger partial charge in [0.15, 0.2) is 0 Å². The highest BCUT2D eigenvalue weighted by molar-refractivity contribution is 5.78. The van der Waals surface area contributed by atoms with Gasteiger partial charge in [0.1, 0.15) is 5.75 Å². The maximum atomic E-state index is 12.3. The summed E-state index contributed by atoms with van der Waals surface area (Å²) in [5.41, 5.74) is 1.01. The van der Waals surface area contributed by atoms with Gasteiger partial charge in [0.25, 0.3) is 0 Å². The first-order chi connectivity index (χ1) is 10.1. The molecular formula is C17H25NO3. The molecule has 116 valence electrons. The van der Waals surface area contributed by atoms with E-state index in [4.69, 9.17) is 4.74 Å². The van der Waals surface area contributed by atoms with Crippen LogP contribution in [0.15, 0.2) is 24.3 Å². The number of hydrogen-bond donors (Lipinski definition) is 1. The summed E-state index contributed by atoms with van der Waals surface area (Å²) in [6, 6.07) is 7.63. The quantitative estimate of drug-likeness (QED) is 0.905. The van der Waals surface area contributed by atoms with Crippen molar-refractivity contribution in [3.05, 3.63) is 29.8 Å². The molecule has 0 aromatic heterocycles. The van der Waals surface area contributed by atoms with Crippen molar-refractivity contribution < 1.29 is 14.6 Å². The number of nitrogens with zero attached hydrogens (tertiary/aromatic N) is 1. The zero-order chi connectivity index (χ0) is 15.2. The molecule has 21 heavy (non-hydrogen) atoms. The van der Waals surface area contributed by atoms with Gasteiger partial charge in [-0.15, -0.1) is 0 Å². The molecule has 0 spiro atoms. The van der Waals surface area contributed by atoms with E-state index in [0.717, 1.165) is 43.7 Å². The van der Waals surface area contributed by atoms with Crippen molar-refractivity contribution in [2.24, 2.45) is 5.92 Å². The average Bonchev–Trinajstić information content (AvgIpc) is 2.55. The smallest absolute Gasteiger partial charge is 0.226 e. The molecule has 1 amide bonds. The molecule has 4 nitrogen and oxygen atoms in total. The van der Waals surface area contributed by atoms with Crippen LogP contribution >= 0.6 is 0 Å². The van der Waals surface area contributed by atoms with Crippen LogP contribution in [0.2, 0.25) is 0 Å². The number of carbonyl (C=O) groups excluding carboxylic acids is 1. The molecule has 1 aromatic rings. The van der Waals surface area contributed by atoms with Gasteiger partial charge in [-0.1, -0.05) is 19.1 Å². The highest BCUT2D eigenvalue weighted by Crippen LogP contribution is 2.23. The number of amides is 1. The molecule has 4 heteroatoms. The number of hydrogen-bond acceptors (Lipinski definition) is 3. The topological polar surface area (TPSA) is 49.8 Å². The summed E-state index contributed by atoms with van der Waals surface area (Å²) >= 11 is 0. The monoisotopic (exact) mass is 291 g/mol. The number of benzene rings is 1. The SMILES string of the molecule is CCC(O)C1CCN(C(=O)Cc2ccc(OC)cc2)CC1. The summed E-state index contributed by atoms with van der Waals surface area (Å²) in [6.07, 6.45) is 2.83. The van der Waals surface area contributed by atoms with E-state index in [1.807, 2.05) is 36.1 Å². The van der Waals surface area contributed by atoms with Crippen LogP contribution in [0.3, 0.4) is 0 Å². The molecule has 0 saturated carbocycles. The number of aliphatic hydroxyl groups is 1. The minimum Gasteiger partial charge on any atom is -0.497 e. The van der Waals surface area contributed by atoms with Crippen molar-refractivity contribution in [2.45, 2.75) is 38.7 Å². The summed E-state index contributed by atoms with van der Waals surface area (Å²) in [4.78, 5) is 14.2. The van der Waals surface area contributed by atoms with Crippen molar-refractivity contribution in [3.63, 3.8) is 0 Å². The minimum absolute atomic E-state index is 0.171. The molecule has 1 aliphatic rings. The van der Waals surface area contributed by atoms with Gasteiger partial charge in [0.05, 0.1) is 19.6 Å². The van der Waals surface area contributed by atoms with E-state index < -0.39 is 0 Å². The second kappa shape index (κ2) is 7.46. The fourth-order valence-corrected chi connectivity index (χ4v) is 2.90. The molecule has 0 radical (unpaired) electrons. The molecular weight excluding hydrogens is 266 g/mol.